The van der Waals surface area contributed by atoms with Gasteiger partial charge in [-0.15, -0.1) is 0 Å². The van der Waals surface area contributed by atoms with E-state index in [4.69, 9.17) is 5.73 Å². The Morgan fingerprint density at radius 2 is 2.04 bits per heavy atom. The number of amides is 1. The van der Waals surface area contributed by atoms with Crippen molar-refractivity contribution in [1.82, 2.24) is 0 Å². The summed E-state index contributed by atoms with van der Waals surface area (Å²) < 4.78 is 29.2. The topological polar surface area (TPSA) is 55.6 Å². The van der Waals surface area contributed by atoms with Crippen LogP contribution in [-0.2, 0) is 17.6 Å². The predicted octanol–water partition coefficient (Wildman–Crippen LogP) is 3.78. The first-order valence-corrected chi connectivity index (χ1v) is 8.26. The lowest BCUT2D eigenvalue weighted by molar-refractivity contribution is -0.118. The van der Waals surface area contributed by atoms with Gasteiger partial charge >= 0.3 is 6.61 Å². The lowest BCUT2D eigenvalue weighted by Gasteiger charge is -2.30. The molecule has 1 aliphatic heterocycles. The van der Waals surface area contributed by atoms with Crippen molar-refractivity contribution in [3.8, 4) is 5.75 Å². The number of hydrogen-bond acceptors (Lipinski definition) is 3. The molecule has 1 heterocycles. The Balaban J connectivity index is 1.71. The zero-order valence-electron chi connectivity index (χ0n) is 13.8. The van der Waals surface area contributed by atoms with Crippen LogP contribution in [0.25, 0.3) is 0 Å². The largest absolute Gasteiger partial charge is 0.435 e. The summed E-state index contributed by atoms with van der Waals surface area (Å²) in [6.07, 6.45) is 2.46. The molecule has 25 heavy (non-hydrogen) atoms. The number of para-hydroxylation sites is 1. The number of benzene rings is 2. The van der Waals surface area contributed by atoms with Gasteiger partial charge in [0, 0.05) is 24.3 Å². The van der Waals surface area contributed by atoms with E-state index in [1.807, 2.05) is 24.3 Å². The quantitative estimate of drug-likeness (QED) is 0.838. The van der Waals surface area contributed by atoms with Gasteiger partial charge in [0.25, 0.3) is 0 Å². The van der Waals surface area contributed by atoms with E-state index in [0.717, 1.165) is 29.7 Å². The Morgan fingerprint density at radius 3 is 2.80 bits per heavy atom. The van der Waals surface area contributed by atoms with Crippen LogP contribution in [0, 0.1) is 0 Å². The standard InChI is InChI=1S/C19H20F2N2O2/c20-19(21)25-15-8-9-17-14(12-15)5-3-11-23(17)18(24)10-7-13-4-1-2-6-16(13)22/h1-2,4,6,8-9,12,19H,3,5,7,10-11,22H2. The highest BCUT2D eigenvalue weighted by Crippen LogP contribution is 2.31. The number of ether oxygens (including phenoxy) is 1. The summed E-state index contributed by atoms with van der Waals surface area (Å²) in [6, 6.07) is 12.3. The van der Waals surface area contributed by atoms with Crippen molar-refractivity contribution in [2.75, 3.05) is 17.2 Å². The number of nitrogen functional groups attached to an aromatic ring is 1. The van der Waals surface area contributed by atoms with Crippen LogP contribution in [0.5, 0.6) is 5.75 Å². The SMILES string of the molecule is Nc1ccccc1CCC(=O)N1CCCc2cc(OC(F)F)ccc21. The second-order valence-corrected chi connectivity index (χ2v) is 6.02. The summed E-state index contributed by atoms with van der Waals surface area (Å²) in [5, 5.41) is 0. The Labute approximate surface area is 145 Å². The maximum atomic E-state index is 12.6. The monoisotopic (exact) mass is 346 g/mol. The first kappa shape index (κ1) is 17.2. The fourth-order valence-corrected chi connectivity index (χ4v) is 3.15. The Morgan fingerprint density at radius 1 is 1.24 bits per heavy atom. The van der Waals surface area contributed by atoms with Crippen molar-refractivity contribution >= 4 is 17.3 Å². The molecule has 0 fully saturated rings. The number of hydrogen-bond donors (Lipinski definition) is 1. The molecule has 0 radical (unpaired) electrons. The molecule has 0 saturated heterocycles. The van der Waals surface area contributed by atoms with Gasteiger partial charge in [-0.05, 0) is 54.7 Å². The lowest BCUT2D eigenvalue weighted by Crippen LogP contribution is -2.35. The minimum atomic E-state index is -2.85. The van der Waals surface area contributed by atoms with E-state index < -0.39 is 6.61 Å². The molecule has 1 aliphatic rings. The number of nitrogens with zero attached hydrogens (tertiary/aromatic N) is 1. The van der Waals surface area contributed by atoms with E-state index in [-0.39, 0.29) is 11.7 Å². The van der Waals surface area contributed by atoms with Crippen LogP contribution in [0.3, 0.4) is 0 Å². The molecular formula is C19H20F2N2O2. The molecule has 132 valence electrons. The zero-order valence-corrected chi connectivity index (χ0v) is 13.8. The second-order valence-electron chi connectivity index (χ2n) is 6.02. The van der Waals surface area contributed by atoms with Crippen LogP contribution in [0.4, 0.5) is 20.2 Å². The van der Waals surface area contributed by atoms with Gasteiger partial charge in [-0.25, -0.2) is 0 Å². The maximum Gasteiger partial charge on any atom is 0.387 e. The Kier molecular flexibility index (Phi) is 5.16. The van der Waals surface area contributed by atoms with Crippen LogP contribution in [0.15, 0.2) is 42.5 Å². The summed E-state index contributed by atoms with van der Waals surface area (Å²) in [5.74, 6) is 0.131. The number of anilines is 2. The highest BCUT2D eigenvalue weighted by Gasteiger charge is 2.23. The molecule has 2 N–H and O–H groups in total. The molecule has 0 atom stereocenters. The van der Waals surface area contributed by atoms with Gasteiger partial charge in [-0.3, -0.25) is 4.79 Å². The number of carbonyl (C=O) groups excluding carboxylic acids is 1. The number of fused-ring (bicyclic) bond motifs is 1. The first-order valence-electron chi connectivity index (χ1n) is 8.26. The Bertz CT molecular complexity index is 765. The van der Waals surface area contributed by atoms with Crippen LogP contribution in [-0.4, -0.2) is 19.1 Å². The van der Waals surface area contributed by atoms with Crippen LogP contribution in [0.2, 0.25) is 0 Å². The van der Waals surface area contributed by atoms with Gasteiger partial charge in [0.1, 0.15) is 5.75 Å². The summed E-state index contributed by atoms with van der Waals surface area (Å²) in [5.41, 5.74) is 9.19. The number of carbonyl (C=O) groups is 1. The average molecular weight is 346 g/mol. The molecule has 0 unspecified atom stereocenters. The minimum absolute atomic E-state index is 0.00623. The molecule has 1 amide bonds. The third kappa shape index (κ3) is 4.07. The molecule has 2 aromatic carbocycles. The van der Waals surface area contributed by atoms with Crippen molar-refractivity contribution in [3.63, 3.8) is 0 Å². The fraction of sp³-hybridized carbons (Fsp3) is 0.316. The van der Waals surface area contributed by atoms with Crippen molar-refractivity contribution in [3.05, 3.63) is 53.6 Å². The number of rotatable bonds is 5. The zero-order chi connectivity index (χ0) is 17.8. The molecule has 4 nitrogen and oxygen atoms in total. The number of aryl methyl sites for hydroxylation is 2. The molecule has 0 aromatic heterocycles. The van der Waals surface area contributed by atoms with Gasteiger partial charge in [0.05, 0.1) is 0 Å². The van der Waals surface area contributed by atoms with Gasteiger partial charge in [-0.2, -0.15) is 8.78 Å². The van der Waals surface area contributed by atoms with E-state index in [1.54, 1.807) is 17.0 Å². The van der Waals surface area contributed by atoms with Gasteiger partial charge in [0.2, 0.25) is 5.91 Å². The fourth-order valence-electron chi connectivity index (χ4n) is 3.15. The Hall–Kier alpha value is -2.63. The molecule has 2 aromatic rings. The molecule has 3 rings (SSSR count). The average Bonchev–Trinajstić information content (AvgIpc) is 2.59. The lowest BCUT2D eigenvalue weighted by atomic mass is 10.00. The first-order chi connectivity index (χ1) is 12.0. The number of halogens is 2. The summed E-state index contributed by atoms with van der Waals surface area (Å²) >= 11 is 0. The molecule has 6 heteroatoms. The maximum absolute atomic E-state index is 12.6. The van der Waals surface area contributed by atoms with E-state index in [0.29, 0.717) is 25.1 Å². The van der Waals surface area contributed by atoms with E-state index in [1.165, 1.54) is 6.07 Å². The van der Waals surface area contributed by atoms with Gasteiger partial charge in [0.15, 0.2) is 0 Å². The molecule has 0 aliphatic carbocycles. The second kappa shape index (κ2) is 7.51. The molecule has 0 bridgehead atoms. The molecular weight excluding hydrogens is 326 g/mol. The highest BCUT2D eigenvalue weighted by molar-refractivity contribution is 5.94. The highest BCUT2D eigenvalue weighted by atomic mass is 19.3. The van der Waals surface area contributed by atoms with Crippen molar-refractivity contribution in [1.29, 1.82) is 0 Å². The number of nitrogens with two attached hydrogens (primary N) is 1. The summed E-state index contributed by atoms with van der Waals surface area (Å²) in [7, 11) is 0. The summed E-state index contributed by atoms with van der Waals surface area (Å²) in [6.45, 7) is -2.22. The van der Waals surface area contributed by atoms with E-state index in [2.05, 4.69) is 4.74 Å². The van der Waals surface area contributed by atoms with Crippen LogP contribution >= 0.6 is 0 Å². The third-order valence-corrected chi connectivity index (χ3v) is 4.36. The van der Waals surface area contributed by atoms with Crippen LogP contribution in [0.1, 0.15) is 24.0 Å². The van der Waals surface area contributed by atoms with Crippen LogP contribution < -0.4 is 15.4 Å². The minimum Gasteiger partial charge on any atom is -0.435 e. The van der Waals surface area contributed by atoms with E-state index >= 15 is 0 Å². The molecule has 0 saturated carbocycles. The third-order valence-electron chi connectivity index (χ3n) is 4.36. The summed E-state index contributed by atoms with van der Waals surface area (Å²) in [4.78, 5) is 14.4. The predicted molar refractivity (Wildman–Crippen MR) is 92.9 cm³/mol. The number of alkyl halides is 2. The van der Waals surface area contributed by atoms with Gasteiger partial charge in [-0.1, -0.05) is 18.2 Å². The molecule has 0 spiro atoms. The van der Waals surface area contributed by atoms with Crippen molar-refractivity contribution < 1.29 is 18.3 Å². The van der Waals surface area contributed by atoms with Gasteiger partial charge < -0.3 is 15.4 Å². The van der Waals surface area contributed by atoms with E-state index in [9.17, 15) is 13.6 Å². The van der Waals surface area contributed by atoms with Crippen molar-refractivity contribution in [2.45, 2.75) is 32.3 Å². The van der Waals surface area contributed by atoms with Crippen molar-refractivity contribution in [2.24, 2.45) is 0 Å². The normalized spacial score (nSPS) is 13.6. The smallest absolute Gasteiger partial charge is 0.387 e.